The van der Waals surface area contributed by atoms with E-state index in [9.17, 15) is 18.8 Å². The number of benzene rings is 3. The largest absolute Gasteiger partial charge is 0.489 e. The molecule has 3 amide bonds. The second-order valence-electron chi connectivity index (χ2n) is 8.14. The van der Waals surface area contributed by atoms with Crippen molar-refractivity contribution < 1.29 is 23.5 Å². The van der Waals surface area contributed by atoms with Gasteiger partial charge in [-0.1, -0.05) is 36.4 Å². The maximum absolute atomic E-state index is 13.7. The Morgan fingerprint density at radius 3 is 2.40 bits per heavy atom. The van der Waals surface area contributed by atoms with Crippen molar-refractivity contribution in [2.24, 2.45) is 0 Å². The van der Waals surface area contributed by atoms with E-state index < -0.39 is 17.1 Å². The first-order chi connectivity index (χ1) is 16.8. The van der Waals surface area contributed by atoms with Crippen molar-refractivity contribution in [1.29, 1.82) is 0 Å². The molecule has 1 saturated heterocycles. The summed E-state index contributed by atoms with van der Waals surface area (Å²) in [6.07, 6.45) is 1.59. The van der Waals surface area contributed by atoms with E-state index in [-0.39, 0.29) is 23.9 Å². The van der Waals surface area contributed by atoms with Crippen LogP contribution in [0.4, 0.5) is 14.9 Å². The highest BCUT2D eigenvalue weighted by Gasteiger charge is 2.36. The number of amides is 3. The highest BCUT2D eigenvalue weighted by molar-refractivity contribution is 8.18. The molecule has 0 saturated carbocycles. The summed E-state index contributed by atoms with van der Waals surface area (Å²) in [5.74, 6) is -0.755. The van der Waals surface area contributed by atoms with Gasteiger partial charge < -0.3 is 10.1 Å². The van der Waals surface area contributed by atoms with E-state index in [0.717, 1.165) is 27.8 Å². The molecule has 3 aromatic carbocycles. The fourth-order valence-electron chi connectivity index (χ4n) is 3.62. The Morgan fingerprint density at radius 2 is 1.71 bits per heavy atom. The third kappa shape index (κ3) is 6.16. The van der Waals surface area contributed by atoms with Crippen LogP contribution >= 0.6 is 11.8 Å². The van der Waals surface area contributed by atoms with Gasteiger partial charge in [-0.3, -0.25) is 19.3 Å². The molecular formula is C27H23FN2O4S. The molecule has 1 aliphatic rings. The zero-order valence-corrected chi connectivity index (χ0v) is 20.0. The highest BCUT2D eigenvalue weighted by Crippen LogP contribution is 2.32. The molecule has 1 aliphatic heterocycles. The first-order valence-corrected chi connectivity index (χ1v) is 11.7. The molecule has 0 spiro atoms. The van der Waals surface area contributed by atoms with Gasteiger partial charge in [-0.2, -0.15) is 0 Å². The Kier molecular flexibility index (Phi) is 7.31. The maximum Gasteiger partial charge on any atom is 0.294 e. The van der Waals surface area contributed by atoms with Crippen molar-refractivity contribution in [1.82, 2.24) is 4.90 Å². The summed E-state index contributed by atoms with van der Waals surface area (Å²) >= 11 is 0.789. The average molecular weight is 491 g/mol. The number of carbonyl (C=O) groups is 3. The van der Waals surface area contributed by atoms with Crippen LogP contribution in [0.25, 0.3) is 6.08 Å². The normalized spacial score (nSPS) is 14.5. The SMILES string of the molecule is Cc1cc(C)cc(NC(=O)CN2C(=O)S/C(=C/c3ccc(OCc4ccccc4F)cc3)C2=O)c1. The monoisotopic (exact) mass is 490 g/mol. The lowest BCUT2D eigenvalue weighted by molar-refractivity contribution is -0.127. The second kappa shape index (κ2) is 10.6. The molecule has 0 unspecified atom stereocenters. The summed E-state index contributed by atoms with van der Waals surface area (Å²) in [5.41, 5.74) is 3.75. The van der Waals surface area contributed by atoms with Crippen molar-refractivity contribution in [2.75, 3.05) is 11.9 Å². The second-order valence-corrected chi connectivity index (χ2v) is 9.13. The van der Waals surface area contributed by atoms with Crippen molar-refractivity contribution in [3.63, 3.8) is 0 Å². The van der Waals surface area contributed by atoms with E-state index in [0.29, 0.717) is 22.6 Å². The number of nitrogens with one attached hydrogen (secondary N) is 1. The minimum atomic E-state index is -0.518. The summed E-state index contributed by atoms with van der Waals surface area (Å²) in [5, 5.41) is 2.24. The maximum atomic E-state index is 13.7. The van der Waals surface area contributed by atoms with Gasteiger partial charge in [0.25, 0.3) is 11.1 Å². The third-order valence-electron chi connectivity index (χ3n) is 5.21. The Bertz CT molecular complexity index is 1300. The fourth-order valence-corrected chi connectivity index (χ4v) is 4.45. The topological polar surface area (TPSA) is 75.7 Å². The number of carbonyl (C=O) groups excluding carboxylic acids is 3. The average Bonchev–Trinajstić information content (AvgIpc) is 3.06. The summed E-state index contributed by atoms with van der Waals surface area (Å²) in [6, 6.07) is 18.9. The van der Waals surface area contributed by atoms with Crippen LogP contribution < -0.4 is 10.1 Å². The lowest BCUT2D eigenvalue weighted by Gasteiger charge is -2.13. The van der Waals surface area contributed by atoms with Gasteiger partial charge in [-0.25, -0.2) is 4.39 Å². The fraction of sp³-hybridized carbons (Fsp3) is 0.148. The van der Waals surface area contributed by atoms with Crippen LogP contribution in [0, 0.1) is 19.7 Å². The summed E-state index contributed by atoms with van der Waals surface area (Å²) in [7, 11) is 0. The van der Waals surface area contributed by atoms with E-state index in [1.807, 2.05) is 32.0 Å². The predicted octanol–water partition coefficient (Wildman–Crippen LogP) is 5.70. The Labute approximate surface area is 206 Å². The predicted molar refractivity (Wildman–Crippen MR) is 134 cm³/mol. The number of hydrogen-bond donors (Lipinski definition) is 1. The lowest BCUT2D eigenvalue weighted by Crippen LogP contribution is -2.36. The molecule has 35 heavy (non-hydrogen) atoms. The number of anilines is 1. The molecule has 1 fully saturated rings. The molecule has 8 heteroatoms. The molecule has 1 N–H and O–H groups in total. The summed E-state index contributed by atoms with van der Waals surface area (Å²) in [4.78, 5) is 38.7. The highest BCUT2D eigenvalue weighted by atomic mass is 32.2. The van der Waals surface area contributed by atoms with Crippen molar-refractivity contribution in [2.45, 2.75) is 20.5 Å². The molecule has 0 bridgehead atoms. The van der Waals surface area contributed by atoms with Crippen LogP contribution in [0.1, 0.15) is 22.3 Å². The van der Waals surface area contributed by atoms with Crippen LogP contribution in [-0.4, -0.2) is 28.5 Å². The van der Waals surface area contributed by atoms with Crippen molar-refractivity contribution in [3.05, 3.63) is 99.7 Å². The van der Waals surface area contributed by atoms with Crippen LogP contribution in [0.5, 0.6) is 5.75 Å². The molecule has 0 aromatic heterocycles. The molecule has 0 radical (unpaired) electrons. The number of thioether (sulfide) groups is 1. The molecule has 3 aromatic rings. The van der Waals surface area contributed by atoms with Crippen molar-refractivity contribution in [3.8, 4) is 5.75 Å². The van der Waals surface area contributed by atoms with E-state index in [4.69, 9.17) is 4.74 Å². The van der Waals surface area contributed by atoms with E-state index in [2.05, 4.69) is 5.32 Å². The van der Waals surface area contributed by atoms with Gasteiger partial charge in [0.2, 0.25) is 5.91 Å². The quantitative estimate of drug-likeness (QED) is 0.430. The van der Waals surface area contributed by atoms with Crippen LogP contribution in [0.2, 0.25) is 0 Å². The van der Waals surface area contributed by atoms with Gasteiger partial charge in [0.1, 0.15) is 24.7 Å². The molecule has 178 valence electrons. The lowest BCUT2D eigenvalue weighted by atomic mass is 10.1. The van der Waals surface area contributed by atoms with Crippen LogP contribution in [0.3, 0.4) is 0 Å². The molecule has 4 rings (SSSR count). The third-order valence-corrected chi connectivity index (χ3v) is 6.12. The number of aryl methyl sites for hydroxylation is 2. The van der Waals surface area contributed by atoms with Gasteiger partial charge in [0.05, 0.1) is 4.91 Å². The number of imide groups is 1. The first kappa shape index (κ1) is 24.2. The zero-order chi connectivity index (χ0) is 24.9. The molecule has 6 nitrogen and oxygen atoms in total. The van der Waals surface area contributed by atoms with Gasteiger partial charge in [0.15, 0.2) is 0 Å². The minimum absolute atomic E-state index is 0.0924. The zero-order valence-electron chi connectivity index (χ0n) is 19.2. The number of nitrogens with zero attached hydrogens (tertiary/aromatic N) is 1. The molecular weight excluding hydrogens is 467 g/mol. The molecule has 0 atom stereocenters. The smallest absolute Gasteiger partial charge is 0.294 e. The standard InChI is InChI=1S/C27H23FN2O4S/c1-17-11-18(2)13-21(12-17)29-25(31)15-30-26(32)24(35-27(30)33)14-19-7-9-22(10-8-19)34-16-20-5-3-4-6-23(20)28/h3-14H,15-16H2,1-2H3,(H,29,31)/b24-14+. The van der Waals surface area contributed by atoms with Crippen LogP contribution in [-0.2, 0) is 16.2 Å². The van der Waals surface area contributed by atoms with Gasteiger partial charge >= 0.3 is 0 Å². The summed E-state index contributed by atoms with van der Waals surface area (Å²) < 4.78 is 19.3. The van der Waals surface area contributed by atoms with Gasteiger partial charge in [-0.05, 0) is 78.7 Å². The number of halogens is 1. The number of ether oxygens (including phenoxy) is 1. The van der Waals surface area contributed by atoms with Crippen LogP contribution in [0.15, 0.2) is 71.6 Å². The number of hydrogen-bond acceptors (Lipinski definition) is 5. The molecule has 0 aliphatic carbocycles. The van der Waals surface area contributed by atoms with Gasteiger partial charge in [-0.15, -0.1) is 0 Å². The summed E-state index contributed by atoms with van der Waals surface area (Å²) in [6.45, 7) is 3.57. The Morgan fingerprint density at radius 1 is 1.03 bits per heavy atom. The minimum Gasteiger partial charge on any atom is -0.489 e. The van der Waals surface area contributed by atoms with Gasteiger partial charge in [0, 0.05) is 11.3 Å². The number of rotatable bonds is 7. The van der Waals surface area contributed by atoms with E-state index >= 15 is 0 Å². The molecule has 1 heterocycles. The Hall–Kier alpha value is -3.91. The first-order valence-electron chi connectivity index (χ1n) is 10.9. The van der Waals surface area contributed by atoms with E-state index in [1.54, 1.807) is 48.5 Å². The Balaban J connectivity index is 1.37. The van der Waals surface area contributed by atoms with Crippen molar-refractivity contribution >= 4 is 40.6 Å². The van der Waals surface area contributed by atoms with E-state index in [1.165, 1.54) is 6.07 Å².